The second-order valence-electron chi connectivity index (χ2n) is 7.48. The maximum absolute atomic E-state index is 2.67. The molecule has 0 bridgehead atoms. The fourth-order valence-corrected chi connectivity index (χ4v) is 3.65. The molecule has 0 aromatic carbocycles. The third kappa shape index (κ3) is 7.85. The minimum absolute atomic E-state index is 1.23. The van der Waals surface area contributed by atoms with Gasteiger partial charge in [-0.2, -0.15) is 0 Å². The number of nitrogens with zero attached hydrogens (tertiary/aromatic N) is 2. The van der Waals surface area contributed by atoms with Crippen LogP contribution in [0, 0.1) is 0 Å². The van der Waals surface area contributed by atoms with Crippen molar-refractivity contribution in [2.24, 2.45) is 7.05 Å². The molecule has 140 valence electrons. The average molecular weight is 336 g/mol. The molecule has 2 heteroatoms. The molecular formula is C22H43N2+. The zero-order valence-electron chi connectivity index (χ0n) is 17.1. The minimum Gasteiger partial charge on any atom is -0.237 e. The van der Waals surface area contributed by atoms with Gasteiger partial charge in [-0.1, -0.05) is 72.1 Å². The Hall–Kier alpha value is -0.790. The zero-order chi connectivity index (χ0) is 17.6. The van der Waals surface area contributed by atoms with E-state index < -0.39 is 0 Å². The van der Waals surface area contributed by atoms with Gasteiger partial charge in [0, 0.05) is 12.8 Å². The lowest BCUT2D eigenvalue weighted by Gasteiger charge is -2.07. The fourth-order valence-electron chi connectivity index (χ4n) is 3.65. The number of aromatic nitrogens is 2. The van der Waals surface area contributed by atoms with Gasteiger partial charge in [-0.05, 0) is 25.7 Å². The van der Waals surface area contributed by atoms with Crippen LogP contribution in [0.4, 0.5) is 0 Å². The third-order valence-corrected chi connectivity index (χ3v) is 5.18. The first-order valence-corrected chi connectivity index (χ1v) is 10.8. The molecule has 0 saturated carbocycles. The number of unbranched alkanes of at least 4 members (excludes halogenated alkanes) is 9. The minimum atomic E-state index is 1.23. The van der Waals surface area contributed by atoms with E-state index in [1.54, 1.807) is 11.5 Å². The van der Waals surface area contributed by atoms with Gasteiger partial charge >= 0.3 is 0 Å². The molecule has 2 nitrogen and oxygen atoms in total. The van der Waals surface area contributed by atoms with Crippen molar-refractivity contribution >= 4 is 0 Å². The molecule has 0 aliphatic rings. The maximum atomic E-state index is 2.67. The Labute approximate surface area is 151 Å². The molecule has 0 aliphatic heterocycles. The number of imidazole rings is 1. The second-order valence-corrected chi connectivity index (χ2v) is 7.48. The van der Waals surface area contributed by atoms with Crippen LogP contribution in [0.1, 0.15) is 109 Å². The van der Waals surface area contributed by atoms with Crippen molar-refractivity contribution in [3.05, 3.63) is 17.7 Å². The smallest absolute Gasteiger partial charge is 0.237 e. The molecular weight excluding hydrogens is 292 g/mol. The van der Waals surface area contributed by atoms with Gasteiger partial charge in [-0.3, -0.25) is 0 Å². The number of hydrogen-bond acceptors (Lipinski definition) is 0. The Kier molecular flexibility index (Phi) is 12.0. The van der Waals surface area contributed by atoms with Crippen LogP contribution in [-0.2, 0) is 26.4 Å². The number of hydrogen-bond donors (Lipinski definition) is 0. The Morgan fingerprint density at radius 2 is 1.25 bits per heavy atom. The molecule has 1 heterocycles. The monoisotopic (exact) mass is 335 g/mol. The Bertz CT molecular complexity index is 420. The molecule has 1 aromatic heterocycles. The molecule has 0 fully saturated rings. The summed E-state index contributed by atoms with van der Waals surface area (Å²) in [4.78, 5) is 0. The van der Waals surface area contributed by atoms with Crippen molar-refractivity contribution in [2.75, 3.05) is 0 Å². The van der Waals surface area contributed by atoms with E-state index in [0.717, 1.165) is 0 Å². The summed E-state index contributed by atoms with van der Waals surface area (Å²) in [5.74, 6) is 1.56. The molecule has 1 rings (SSSR count). The highest BCUT2D eigenvalue weighted by Gasteiger charge is 2.20. The van der Waals surface area contributed by atoms with Crippen LogP contribution in [-0.4, -0.2) is 4.57 Å². The summed E-state index contributed by atoms with van der Waals surface area (Å²) in [5, 5.41) is 0. The van der Waals surface area contributed by atoms with Gasteiger partial charge in [0.15, 0.2) is 0 Å². The number of aryl methyl sites for hydroxylation is 2. The SMILES string of the molecule is CCCCCCCCn1c(CCCCC)c[n+](C)c1CCCCC. The van der Waals surface area contributed by atoms with Crippen LogP contribution in [0.15, 0.2) is 6.20 Å². The van der Waals surface area contributed by atoms with E-state index in [1.807, 2.05) is 0 Å². The van der Waals surface area contributed by atoms with Crippen LogP contribution in [0.3, 0.4) is 0 Å². The molecule has 0 atom stereocenters. The molecule has 0 spiro atoms. The summed E-state index contributed by atoms with van der Waals surface area (Å²) in [6.07, 6.45) is 21.2. The molecule has 0 radical (unpaired) electrons. The lowest BCUT2D eigenvalue weighted by molar-refractivity contribution is -0.679. The van der Waals surface area contributed by atoms with Crippen molar-refractivity contribution in [2.45, 2.75) is 117 Å². The largest absolute Gasteiger partial charge is 0.256 e. The van der Waals surface area contributed by atoms with E-state index in [2.05, 4.69) is 43.1 Å². The van der Waals surface area contributed by atoms with Gasteiger partial charge in [0.2, 0.25) is 0 Å². The molecule has 0 aliphatic carbocycles. The summed E-state index contributed by atoms with van der Waals surface area (Å²) in [6, 6.07) is 0. The lowest BCUT2D eigenvalue weighted by atomic mass is 10.1. The van der Waals surface area contributed by atoms with Crippen molar-refractivity contribution in [3.8, 4) is 0 Å². The average Bonchev–Trinajstić information content (AvgIpc) is 2.87. The quantitative estimate of drug-likeness (QED) is 0.269. The first kappa shape index (κ1) is 21.3. The molecule has 0 saturated heterocycles. The fraction of sp³-hybridized carbons (Fsp3) is 0.864. The van der Waals surface area contributed by atoms with Crippen molar-refractivity contribution < 1.29 is 4.57 Å². The lowest BCUT2D eigenvalue weighted by Crippen LogP contribution is -2.32. The van der Waals surface area contributed by atoms with Gasteiger partial charge < -0.3 is 0 Å². The van der Waals surface area contributed by atoms with Gasteiger partial charge in [-0.15, -0.1) is 0 Å². The predicted molar refractivity (Wildman–Crippen MR) is 105 cm³/mol. The van der Waals surface area contributed by atoms with E-state index in [4.69, 9.17) is 0 Å². The van der Waals surface area contributed by atoms with Crippen molar-refractivity contribution in [1.82, 2.24) is 4.57 Å². The Morgan fingerprint density at radius 1 is 0.708 bits per heavy atom. The van der Waals surface area contributed by atoms with Gasteiger partial charge in [0.1, 0.15) is 11.9 Å². The highest BCUT2D eigenvalue weighted by Crippen LogP contribution is 2.14. The molecule has 0 amide bonds. The highest BCUT2D eigenvalue weighted by atomic mass is 15.1. The second kappa shape index (κ2) is 13.5. The topological polar surface area (TPSA) is 8.81 Å². The van der Waals surface area contributed by atoms with E-state index in [1.165, 1.54) is 96.4 Å². The van der Waals surface area contributed by atoms with E-state index in [-0.39, 0.29) is 0 Å². The molecule has 1 aromatic rings. The van der Waals surface area contributed by atoms with Crippen molar-refractivity contribution in [1.29, 1.82) is 0 Å². The first-order valence-electron chi connectivity index (χ1n) is 10.8. The van der Waals surface area contributed by atoms with Gasteiger partial charge in [0.25, 0.3) is 5.82 Å². The summed E-state index contributed by atoms with van der Waals surface area (Å²) < 4.78 is 5.08. The van der Waals surface area contributed by atoms with E-state index in [0.29, 0.717) is 0 Å². The molecule has 24 heavy (non-hydrogen) atoms. The summed E-state index contributed by atoms with van der Waals surface area (Å²) in [5.41, 5.74) is 1.58. The summed E-state index contributed by atoms with van der Waals surface area (Å²) in [6.45, 7) is 8.12. The third-order valence-electron chi connectivity index (χ3n) is 5.18. The summed E-state index contributed by atoms with van der Waals surface area (Å²) in [7, 11) is 2.25. The van der Waals surface area contributed by atoms with E-state index in [9.17, 15) is 0 Å². The Morgan fingerprint density at radius 3 is 1.92 bits per heavy atom. The number of rotatable bonds is 15. The van der Waals surface area contributed by atoms with Crippen molar-refractivity contribution in [3.63, 3.8) is 0 Å². The van der Waals surface area contributed by atoms with E-state index >= 15 is 0 Å². The predicted octanol–water partition coefficient (Wildman–Crippen LogP) is 6.14. The first-order chi connectivity index (χ1) is 11.7. The van der Waals surface area contributed by atoms with Crippen LogP contribution < -0.4 is 4.57 Å². The standard InChI is InChI=1S/C22H43N2/c1-5-8-11-12-13-16-19-24-21(17-14-9-6-2)20-23(4)22(24)18-15-10-7-3/h20H,5-19H2,1-4H3/q+1. The molecule has 0 unspecified atom stereocenters. The Balaban J connectivity index is 2.62. The van der Waals surface area contributed by atoms with Crippen LogP contribution in [0.25, 0.3) is 0 Å². The normalized spacial score (nSPS) is 11.3. The van der Waals surface area contributed by atoms with Gasteiger partial charge in [-0.25, -0.2) is 9.13 Å². The zero-order valence-corrected chi connectivity index (χ0v) is 17.1. The maximum Gasteiger partial charge on any atom is 0.256 e. The van der Waals surface area contributed by atoms with Crippen LogP contribution >= 0.6 is 0 Å². The molecule has 0 N–H and O–H groups in total. The highest BCUT2D eigenvalue weighted by molar-refractivity contribution is 5.00. The van der Waals surface area contributed by atoms with Gasteiger partial charge in [0.05, 0.1) is 13.6 Å². The summed E-state index contributed by atoms with van der Waals surface area (Å²) >= 11 is 0. The van der Waals surface area contributed by atoms with Crippen LogP contribution in [0.2, 0.25) is 0 Å². The van der Waals surface area contributed by atoms with Crippen LogP contribution in [0.5, 0.6) is 0 Å².